The number of hydrogen-bond donors (Lipinski definition) is 0. The molecule has 1 atom stereocenters. The van der Waals surface area contributed by atoms with E-state index in [9.17, 15) is 4.53 Å². The van der Waals surface area contributed by atoms with Gasteiger partial charge in [0.2, 0.25) is 0 Å². The van der Waals surface area contributed by atoms with Gasteiger partial charge in [-0.25, -0.2) is 0 Å². The molecule has 0 radical (unpaired) electrons. The van der Waals surface area contributed by atoms with Gasteiger partial charge >= 0.3 is 0 Å². The van der Waals surface area contributed by atoms with Gasteiger partial charge in [0.1, 0.15) is 6.10 Å². The predicted molar refractivity (Wildman–Crippen MR) is 52.6 cm³/mol. The summed E-state index contributed by atoms with van der Waals surface area (Å²) in [6.45, 7) is 0. The van der Waals surface area contributed by atoms with Crippen molar-refractivity contribution in [3.05, 3.63) is 47.5 Å². The first-order valence-electron chi connectivity index (χ1n) is 4.68. The summed E-state index contributed by atoms with van der Waals surface area (Å²) in [6.07, 6.45) is 0.240. The highest BCUT2D eigenvalue weighted by Crippen LogP contribution is 2.38. The van der Waals surface area contributed by atoms with E-state index in [1.807, 2.05) is 36.4 Å². The zero-order chi connectivity index (χ0) is 9.54. The normalized spacial score (nSPS) is 19.1. The summed E-state index contributed by atoms with van der Waals surface area (Å²) in [5.74, 6) is 0. The van der Waals surface area contributed by atoms with Crippen LogP contribution in [0.15, 0.2) is 36.4 Å². The summed E-state index contributed by atoms with van der Waals surface area (Å²) < 4.78 is 12.3. The Kier molecular flexibility index (Phi) is 1.58. The maximum atomic E-state index is 12.3. The SMILES string of the molecule is FOC1Cc2cccc3cccc1c23. The van der Waals surface area contributed by atoms with Crippen LogP contribution in [0.4, 0.5) is 4.53 Å². The van der Waals surface area contributed by atoms with Crippen molar-refractivity contribution in [1.82, 2.24) is 0 Å². The highest BCUT2D eigenvalue weighted by Gasteiger charge is 2.25. The molecular weight excluding hydrogens is 179 g/mol. The van der Waals surface area contributed by atoms with Crippen molar-refractivity contribution < 1.29 is 9.47 Å². The second-order valence-corrected chi connectivity index (χ2v) is 3.64. The number of hydrogen-bond acceptors (Lipinski definition) is 1. The standard InChI is InChI=1S/C12H9FO/c13-14-11-7-9-5-1-3-8-4-2-6-10(11)12(8)9/h1-6,11H,7H2. The lowest BCUT2D eigenvalue weighted by Crippen LogP contribution is -1.94. The third-order valence-corrected chi connectivity index (χ3v) is 2.88. The van der Waals surface area contributed by atoms with E-state index >= 15 is 0 Å². The summed E-state index contributed by atoms with van der Waals surface area (Å²) >= 11 is 0. The fraction of sp³-hybridized carbons (Fsp3) is 0.167. The van der Waals surface area contributed by atoms with Crippen molar-refractivity contribution in [2.75, 3.05) is 0 Å². The molecule has 0 saturated heterocycles. The molecule has 14 heavy (non-hydrogen) atoms. The monoisotopic (exact) mass is 188 g/mol. The molecule has 0 spiro atoms. The Hall–Kier alpha value is -1.41. The van der Waals surface area contributed by atoms with Gasteiger partial charge in [0, 0.05) is 6.42 Å². The zero-order valence-electron chi connectivity index (χ0n) is 7.53. The minimum absolute atomic E-state index is 0.406. The van der Waals surface area contributed by atoms with Crippen molar-refractivity contribution in [2.45, 2.75) is 12.5 Å². The van der Waals surface area contributed by atoms with Crippen LogP contribution in [0.2, 0.25) is 0 Å². The minimum Gasteiger partial charge on any atom is -0.186 e. The zero-order valence-corrected chi connectivity index (χ0v) is 7.53. The lowest BCUT2D eigenvalue weighted by molar-refractivity contribution is -0.179. The van der Waals surface area contributed by atoms with Crippen LogP contribution in [0.3, 0.4) is 0 Å². The highest BCUT2D eigenvalue weighted by molar-refractivity contribution is 5.91. The lowest BCUT2D eigenvalue weighted by Gasteiger charge is -2.04. The highest BCUT2D eigenvalue weighted by atomic mass is 19.3. The molecule has 70 valence electrons. The molecular formula is C12H9FO. The molecule has 0 bridgehead atoms. The van der Waals surface area contributed by atoms with Crippen LogP contribution in [0.1, 0.15) is 17.2 Å². The van der Waals surface area contributed by atoms with E-state index in [4.69, 9.17) is 0 Å². The second-order valence-electron chi connectivity index (χ2n) is 3.64. The van der Waals surface area contributed by atoms with Crippen LogP contribution in [0, 0.1) is 0 Å². The second kappa shape index (κ2) is 2.79. The minimum atomic E-state index is -0.406. The van der Waals surface area contributed by atoms with Crippen LogP contribution in [-0.2, 0) is 11.4 Å². The molecule has 0 saturated carbocycles. The van der Waals surface area contributed by atoms with Crippen molar-refractivity contribution in [2.24, 2.45) is 0 Å². The number of benzene rings is 2. The quantitative estimate of drug-likeness (QED) is 0.666. The Balaban J connectivity index is 2.38. The van der Waals surface area contributed by atoms with Gasteiger partial charge in [0.05, 0.1) is 0 Å². The Labute approximate surface area is 81.0 Å². The maximum Gasteiger partial charge on any atom is 0.128 e. The van der Waals surface area contributed by atoms with Gasteiger partial charge in [-0.1, -0.05) is 36.4 Å². The van der Waals surface area contributed by atoms with Crippen LogP contribution < -0.4 is 0 Å². The topological polar surface area (TPSA) is 9.23 Å². The van der Waals surface area contributed by atoms with E-state index in [0.717, 1.165) is 10.9 Å². The molecule has 1 nitrogen and oxygen atoms in total. The third kappa shape index (κ3) is 0.917. The van der Waals surface area contributed by atoms with E-state index in [2.05, 4.69) is 4.94 Å². The van der Waals surface area contributed by atoms with Crippen molar-refractivity contribution in [1.29, 1.82) is 0 Å². The fourth-order valence-electron chi connectivity index (χ4n) is 2.28. The van der Waals surface area contributed by atoms with Crippen LogP contribution in [-0.4, -0.2) is 0 Å². The first-order chi connectivity index (χ1) is 6.90. The van der Waals surface area contributed by atoms with Gasteiger partial charge in [0.15, 0.2) is 0 Å². The van der Waals surface area contributed by atoms with E-state index in [0.29, 0.717) is 6.42 Å². The van der Waals surface area contributed by atoms with E-state index < -0.39 is 6.10 Å². The molecule has 0 amide bonds. The van der Waals surface area contributed by atoms with Gasteiger partial charge in [-0.2, -0.15) is 4.94 Å². The van der Waals surface area contributed by atoms with Crippen LogP contribution in [0.5, 0.6) is 0 Å². The van der Waals surface area contributed by atoms with Gasteiger partial charge in [-0.05, 0) is 26.4 Å². The van der Waals surface area contributed by atoms with E-state index in [-0.39, 0.29) is 0 Å². The van der Waals surface area contributed by atoms with Gasteiger partial charge in [-0.3, -0.25) is 0 Å². The molecule has 2 heteroatoms. The predicted octanol–water partition coefficient (Wildman–Crippen LogP) is 3.34. The fourth-order valence-corrected chi connectivity index (χ4v) is 2.28. The third-order valence-electron chi connectivity index (χ3n) is 2.88. The molecule has 1 unspecified atom stereocenters. The van der Waals surface area contributed by atoms with E-state index in [1.54, 1.807) is 0 Å². The molecule has 1 aliphatic carbocycles. The average molecular weight is 188 g/mol. The van der Waals surface area contributed by atoms with E-state index in [1.165, 1.54) is 10.9 Å². The number of rotatable bonds is 1. The molecule has 0 aromatic heterocycles. The Bertz CT molecular complexity index is 487. The molecule has 1 aliphatic rings. The number of halogens is 1. The van der Waals surface area contributed by atoms with Crippen molar-refractivity contribution >= 4 is 10.8 Å². The summed E-state index contributed by atoms with van der Waals surface area (Å²) in [6, 6.07) is 12.0. The molecule has 2 aromatic rings. The first kappa shape index (κ1) is 7.94. The maximum absolute atomic E-state index is 12.3. The summed E-state index contributed by atoms with van der Waals surface area (Å²) in [5, 5.41) is 2.33. The van der Waals surface area contributed by atoms with Gasteiger partial charge in [0.25, 0.3) is 0 Å². The van der Waals surface area contributed by atoms with Crippen molar-refractivity contribution in [3.63, 3.8) is 0 Å². The molecule has 0 N–H and O–H groups in total. The van der Waals surface area contributed by atoms with Gasteiger partial charge < -0.3 is 0 Å². The molecule has 0 heterocycles. The Morgan fingerprint density at radius 1 is 1.14 bits per heavy atom. The Morgan fingerprint density at radius 3 is 2.71 bits per heavy atom. The summed E-state index contributed by atoms with van der Waals surface area (Å²) in [7, 11) is 0. The Morgan fingerprint density at radius 2 is 1.93 bits per heavy atom. The molecule has 3 rings (SSSR count). The van der Waals surface area contributed by atoms with Crippen molar-refractivity contribution in [3.8, 4) is 0 Å². The van der Waals surface area contributed by atoms with Gasteiger partial charge in [-0.15, -0.1) is 0 Å². The molecule has 0 fully saturated rings. The molecule has 2 aromatic carbocycles. The summed E-state index contributed by atoms with van der Waals surface area (Å²) in [5.41, 5.74) is 2.15. The first-order valence-corrected chi connectivity index (χ1v) is 4.68. The average Bonchev–Trinajstić information content (AvgIpc) is 2.60. The van der Waals surface area contributed by atoms with Crippen LogP contribution in [0.25, 0.3) is 10.8 Å². The molecule has 0 aliphatic heterocycles. The smallest absolute Gasteiger partial charge is 0.128 e. The summed E-state index contributed by atoms with van der Waals surface area (Å²) in [4.78, 5) is 3.98. The largest absolute Gasteiger partial charge is 0.186 e. The van der Waals surface area contributed by atoms with Crippen LogP contribution >= 0.6 is 0 Å². The lowest BCUT2D eigenvalue weighted by atomic mass is 10.1.